The van der Waals surface area contributed by atoms with Crippen LogP contribution in [0, 0.1) is 25.2 Å². The van der Waals surface area contributed by atoms with Crippen LogP contribution in [0.1, 0.15) is 38.1 Å². The molecule has 0 aliphatic rings. The van der Waals surface area contributed by atoms with Gasteiger partial charge in [0.1, 0.15) is 17.0 Å². The van der Waals surface area contributed by atoms with E-state index in [4.69, 9.17) is 0 Å². The molecule has 1 N–H and O–H groups in total. The molecule has 2 rings (SSSR count). The summed E-state index contributed by atoms with van der Waals surface area (Å²) in [4.78, 5) is 11.2. The number of hydrogen-bond acceptors (Lipinski definition) is 4. The SMILES string of the molecule is Cc1sc2ncnc(NCC(C)(C)C(C)C)c2c1C. The second-order valence-electron chi connectivity index (χ2n) is 6.18. The van der Waals surface area contributed by atoms with E-state index >= 15 is 0 Å². The standard InChI is InChI=1S/C15H23N3S/c1-9(2)15(5,6)7-16-13-12-10(3)11(4)19-14(12)18-8-17-13/h8-9H,7H2,1-6H3,(H,16,17,18). The molecule has 0 unspecified atom stereocenters. The van der Waals surface area contributed by atoms with Gasteiger partial charge in [-0.15, -0.1) is 11.3 Å². The van der Waals surface area contributed by atoms with Crippen LogP contribution in [0.5, 0.6) is 0 Å². The van der Waals surface area contributed by atoms with Crippen molar-refractivity contribution in [3.8, 4) is 0 Å². The third-order valence-corrected chi connectivity index (χ3v) is 5.36. The Morgan fingerprint density at radius 1 is 1.26 bits per heavy atom. The third kappa shape index (κ3) is 2.73. The zero-order chi connectivity index (χ0) is 14.2. The maximum Gasteiger partial charge on any atom is 0.138 e. The Labute approximate surface area is 119 Å². The van der Waals surface area contributed by atoms with Crippen molar-refractivity contribution in [1.29, 1.82) is 0 Å². The molecule has 0 fully saturated rings. The third-order valence-electron chi connectivity index (χ3n) is 4.24. The van der Waals surface area contributed by atoms with Crippen LogP contribution in [0.15, 0.2) is 6.33 Å². The second-order valence-corrected chi connectivity index (χ2v) is 7.39. The average molecular weight is 277 g/mol. The number of nitrogens with one attached hydrogen (secondary N) is 1. The van der Waals surface area contributed by atoms with Crippen LogP contribution in [0.4, 0.5) is 5.82 Å². The first-order valence-electron chi connectivity index (χ1n) is 6.77. The second kappa shape index (κ2) is 5.08. The quantitative estimate of drug-likeness (QED) is 0.900. The summed E-state index contributed by atoms with van der Waals surface area (Å²) in [6.45, 7) is 14.3. The Bertz CT molecular complexity index is 584. The summed E-state index contributed by atoms with van der Waals surface area (Å²) in [6.07, 6.45) is 1.66. The highest BCUT2D eigenvalue weighted by atomic mass is 32.1. The predicted molar refractivity (Wildman–Crippen MR) is 84.0 cm³/mol. The number of nitrogens with zero attached hydrogens (tertiary/aromatic N) is 2. The van der Waals surface area contributed by atoms with Gasteiger partial charge in [0, 0.05) is 11.4 Å². The van der Waals surface area contributed by atoms with Gasteiger partial charge in [0.25, 0.3) is 0 Å². The van der Waals surface area contributed by atoms with E-state index in [-0.39, 0.29) is 5.41 Å². The van der Waals surface area contributed by atoms with E-state index in [0.717, 1.165) is 17.2 Å². The molecule has 0 saturated carbocycles. The van der Waals surface area contributed by atoms with Gasteiger partial charge < -0.3 is 5.32 Å². The van der Waals surface area contributed by atoms with Crippen molar-refractivity contribution in [3.05, 3.63) is 16.8 Å². The molecule has 0 aromatic carbocycles. The Balaban J connectivity index is 2.31. The van der Waals surface area contributed by atoms with Crippen LogP contribution in [0.3, 0.4) is 0 Å². The molecule has 3 nitrogen and oxygen atoms in total. The topological polar surface area (TPSA) is 37.8 Å². The number of thiophene rings is 1. The summed E-state index contributed by atoms with van der Waals surface area (Å²) in [5.41, 5.74) is 1.54. The molecule has 0 spiro atoms. The predicted octanol–water partition coefficient (Wildman–Crippen LogP) is 4.40. The first-order chi connectivity index (χ1) is 8.83. The van der Waals surface area contributed by atoms with Gasteiger partial charge in [-0.3, -0.25) is 0 Å². The molecule has 104 valence electrons. The molecule has 2 heterocycles. The van der Waals surface area contributed by atoms with Gasteiger partial charge in [0.05, 0.1) is 5.39 Å². The molecule has 0 atom stereocenters. The molecule has 4 heteroatoms. The van der Waals surface area contributed by atoms with Gasteiger partial charge >= 0.3 is 0 Å². The molecular weight excluding hydrogens is 254 g/mol. The summed E-state index contributed by atoms with van der Waals surface area (Å²) < 4.78 is 0. The number of rotatable bonds is 4. The summed E-state index contributed by atoms with van der Waals surface area (Å²) in [5, 5.41) is 4.70. The summed E-state index contributed by atoms with van der Waals surface area (Å²) >= 11 is 1.74. The van der Waals surface area contributed by atoms with E-state index in [1.807, 2.05) is 0 Å². The summed E-state index contributed by atoms with van der Waals surface area (Å²) in [6, 6.07) is 0. The zero-order valence-corrected chi connectivity index (χ0v) is 13.5. The van der Waals surface area contributed by atoms with Gasteiger partial charge in [-0.05, 0) is 30.7 Å². The Hall–Kier alpha value is -1.16. The van der Waals surface area contributed by atoms with Gasteiger partial charge in [-0.1, -0.05) is 27.7 Å². The molecule has 0 saturated heterocycles. The largest absolute Gasteiger partial charge is 0.369 e. The van der Waals surface area contributed by atoms with Crippen LogP contribution in [-0.2, 0) is 0 Å². The average Bonchev–Trinajstić information content (AvgIpc) is 2.63. The lowest BCUT2D eigenvalue weighted by Gasteiger charge is -2.29. The molecule has 0 amide bonds. The van der Waals surface area contributed by atoms with Gasteiger partial charge in [-0.25, -0.2) is 9.97 Å². The molecule has 0 aliphatic carbocycles. The van der Waals surface area contributed by atoms with Crippen molar-refractivity contribution in [2.75, 3.05) is 11.9 Å². The van der Waals surface area contributed by atoms with Crippen LogP contribution >= 0.6 is 11.3 Å². The van der Waals surface area contributed by atoms with Crippen LogP contribution in [0.25, 0.3) is 10.2 Å². The lowest BCUT2D eigenvalue weighted by molar-refractivity contribution is 0.269. The normalized spacial score (nSPS) is 12.4. The monoisotopic (exact) mass is 277 g/mol. The fourth-order valence-electron chi connectivity index (χ4n) is 1.83. The first kappa shape index (κ1) is 14.3. The Morgan fingerprint density at radius 3 is 2.58 bits per heavy atom. The maximum absolute atomic E-state index is 4.43. The molecule has 19 heavy (non-hydrogen) atoms. The fourth-order valence-corrected chi connectivity index (χ4v) is 2.83. The van der Waals surface area contributed by atoms with E-state index in [2.05, 4.69) is 56.8 Å². The molecular formula is C15H23N3S. The van der Waals surface area contributed by atoms with Crippen LogP contribution < -0.4 is 5.32 Å². The number of aromatic nitrogens is 2. The van der Waals surface area contributed by atoms with Crippen molar-refractivity contribution in [2.45, 2.75) is 41.5 Å². The smallest absolute Gasteiger partial charge is 0.138 e. The lowest BCUT2D eigenvalue weighted by atomic mass is 9.81. The minimum Gasteiger partial charge on any atom is -0.369 e. The minimum atomic E-state index is 0.246. The van der Waals surface area contributed by atoms with E-state index in [9.17, 15) is 0 Å². The Kier molecular flexibility index (Phi) is 3.81. The van der Waals surface area contributed by atoms with E-state index in [1.165, 1.54) is 15.8 Å². The maximum atomic E-state index is 4.43. The van der Waals surface area contributed by atoms with Crippen molar-refractivity contribution in [2.24, 2.45) is 11.3 Å². The lowest BCUT2D eigenvalue weighted by Crippen LogP contribution is -2.28. The summed E-state index contributed by atoms with van der Waals surface area (Å²) in [7, 11) is 0. The highest BCUT2D eigenvalue weighted by Gasteiger charge is 2.23. The van der Waals surface area contributed by atoms with Gasteiger partial charge in [0.2, 0.25) is 0 Å². The van der Waals surface area contributed by atoms with Gasteiger partial charge in [-0.2, -0.15) is 0 Å². The number of aryl methyl sites for hydroxylation is 2. The number of hydrogen-bond donors (Lipinski definition) is 1. The fraction of sp³-hybridized carbons (Fsp3) is 0.600. The molecule has 0 bridgehead atoms. The van der Waals surface area contributed by atoms with Crippen molar-refractivity contribution < 1.29 is 0 Å². The van der Waals surface area contributed by atoms with Crippen molar-refractivity contribution in [3.63, 3.8) is 0 Å². The first-order valence-corrected chi connectivity index (χ1v) is 7.59. The molecule has 0 radical (unpaired) electrons. The minimum absolute atomic E-state index is 0.246. The highest BCUT2D eigenvalue weighted by Crippen LogP contribution is 2.33. The van der Waals surface area contributed by atoms with Gasteiger partial charge in [0.15, 0.2) is 0 Å². The van der Waals surface area contributed by atoms with Crippen molar-refractivity contribution in [1.82, 2.24) is 9.97 Å². The molecule has 2 aromatic heterocycles. The Morgan fingerprint density at radius 2 is 1.95 bits per heavy atom. The number of fused-ring (bicyclic) bond motifs is 1. The van der Waals surface area contributed by atoms with E-state index in [0.29, 0.717) is 5.92 Å². The molecule has 2 aromatic rings. The zero-order valence-electron chi connectivity index (χ0n) is 12.7. The number of anilines is 1. The summed E-state index contributed by atoms with van der Waals surface area (Å²) in [5.74, 6) is 1.60. The van der Waals surface area contributed by atoms with Crippen LogP contribution in [0.2, 0.25) is 0 Å². The van der Waals surface area contributed by atoms with E-state index < -0.39 is 0 Å². The molecule has 0 aliphatic heterocycles. The van der Waals surface area contributed by atoms with E-state index in [1.54, 1.807) is 17.7 Å². The van der Waals surface area contributed by atoms with Crippen molar-refractivity contribution >= 4 is 27.4 Å². The van der Waals surface area contributed by atoms with Crippen LogP contribution in [-0.4, -0.2) is 16.5 Å². The highest BCUT2D eigenvalue weighted by molar-refractivity contribution is 7.18.